The van der Waals surface area contributed by atoms with Gasteiger partial charge in [-0.1, -0.05) is 94.8 Å². The van der Waals surface area contributed by atoms with Crippen LogP contribution in [0.2, 0.25) is 0 Å². The van der Waals surface area contributed by atoms with Crippen LogP contribution >= 0.6 is 0 Å². The first-order chi connectivity index (χ1) is 19.6. The Kier molecular flexibility index (Phi) is 8.31. The van der Waals surface area contributed by atoms with E-state index < -0.39 is 5.97 Å². The van der Waals surface area contributed by atoms with Gasteiger partial charge in [-0.2, -0.15) is 0 Å². The normalized spacial score (nSPS) is 22.9. The monoisotopic (exact) mass is 550 g/mol. The molecule has 4 heteroatoms. The summed E-state index contributed by atoms with van der Waals surface area (Å²) in [4.78, 5) is 15.8. The molecular weight excluding hydrogens is 504 g/mol. The van der Waals surface area contributed by atoms with Gasteiger partial charge in [0.1, 0.15) is 0 Å². The average Bonchev–Trinajstić information content (AvgIpc) is 3.28. The standard InChI is InChI=1S/C37H46N2O2/c1-36(2)29-16-8-10-18-31(29)38(5)33(36)23-21-27-14-13-15-28(26-27)22-24-34-37(3,4)30-17-9-11-19-32(30)39(34)25-12-6-7-20-35(40)41/h8-11,16-19,21-24,26,34H,6-7,12-15,20,25H2,1-5H3,(H,40,41)/b24-22+,27-21+,33-23+. The van der Waals surface area contributed by atoms with Crippen molar-refractivity contribution in [3.8, 4) is 0 Å². The molecule has 0 radical (unpaired) electrons. The van der Waals surface area contributed by atoms with Gasteiger partial charge in [-0.15, -0.1) is 0 Å². The first-order valence-corrected chi connectivity index (χ1v) is 15.3. The Labute approximate surface area is 246 Å². The first kappa shape index (κ1) is 29.0. The molecule has 3 aliphatic rings. The van der Waals surface area contributed by atoms with Crippen molar-refractivity contribution in [1.82, 2.24) is 0 Å². The van der Waals surface area contributed by atoms with Crippen molar-refractivity contribution in [1.29, 1.82) is 0 Å². The van der Waals surface area contributed by atoms with Crippen LogP contribution in [0.4, 0.5) is 11.4 Å². The first-order valence-electron chi connectivity index (χ1n) is 15.3. The third-order valence-electron chi connectivity index (χ3n) is 9.46. The molecule has 4 nitrogen and oxygen atoms in total. The van der Waals surface area contributed by atoms with E-state index in [1.54, 1.807) is 0 Å². The Morgan fingerprint density at radius 3 is 2.37 bits per heavy atom. The van der Waals surface area contributed by atoms with E-state index in [4.69, 9.17) is 5.11 Å². The molecule has 5 rings (SSSR count). The van der Waals surface area contributed by atoms with Crippen molar-refractivity contribution in [3.63, 3.8) is 0 Å². The highest BCUT2D eigenvalue weighted by Crippen LogP contribution is 2.47. The van der Waals surface area contributed by atoms with E-state index >= 15 is 0 Å². The van der Waals surface area contributed by atoms with Gasteiger partial charge in [-0.3, -0.25) is 4.79 Å². The van der Waals surface area contributed by atoms with Gasteiger partial charge in [0.2, 0.25) is 0 Å². The third-order valence-corrected chi connectivity index (χ3v) is 9.46. The number of likely N-dealkylation sites (N-methyl/N-ethyl adjacent to an activating group) is 1. The zero-order chi connectivity index (χ0) is 29.2. The van der Waals surface area contributed by atoms with Crippen LogP contribution in [0.3, 0.4) is 0 Å². The number of carboxylic acid groups (broad SMARTS) is 1. The van der Waals surface area contributed by atoms with E-state index in [1.807, 2.05) is 0 Å². The van der Waals surface area contributed by atoms with Gasteiger partial charge in [0.25, 0.3) is 0 Å². The molecule has 2 aromatic carbocycles. The summed E-state index contributed by atoms with van der Waals surface area (Å²) in [6.07, 6.45) is 18.2. The maximum Gasteiger partial charge on any atom is 0.303 e. The molecule has 216 valence electrons. The molecule has 2 aliphatic heterocycles. The van der Waals surface area contributed by atoms with Crippen molar-refractivity contribution in [2.45, 2.75) is 89.5 Å². The number of benzene rings is 2. The second-order valence-corrected chi connectivity index (χ2v) is 13.0. The van der Waals surface area contributed by atoms with Crippen molar-refractivity contribution >= 4 is 17.3 Å². The highest BCUT2D eigenvalue weighted by Gasteiger charge is 2.42. The lowest BCUT2D eigenvalue weighted by molar-refractivity contribution is -0.137. The SMILES string of the molecule is CN1/C(=C/C=C2C=C(/C=C/C3N(CCCCCC(=O)O)c4ccccc4C3(C)C)CCC/2)C(C)(C)c2ccccc21. The quantitative estimate of drug-likeness (QED) is 0.317. The highest BCUT2D eigenvalue weighted by molar-refractivity contribution is 5.70. The van der Waals surface area contributed by atoms with E-state index in [2.05, 4.69) is 123 Å². The molecule has 1 atom stereocenters. The van der Waals surface area contributed by atoms with Crippen molar-refractivity contribution < 1.29 is 9.90 Å². The Balaban J connectivity index is 1.34. The summed E-state index contributed by atoms with van der Waals surface area (Å²) in [5.74, 6) is -0.701. The lowest BCUT2D eigenvalue weighted by Crippen LogP contribution is -2.40. The molecule has 0 saturated heterocycles. The van der Waals surface area contributed by atoms with Crippen LogP contribution in [-0.2, 0) is 15.6 Å². The van der Waals surface area contributed by atoms with Crippen LogP contribution in [0, 0.1) is 0 Å². The fraction of sp³-hybridized carbons (Fsp3) is 0.432. The molecular formula is C37H46N2O2. The molecule has 0 spiro atoms. The third kappa shape index (κ3) is 5.80. The van der Waals surface area contributed by atoms with Gasteiger partial charge in [-0.05, 0) is 72.6 Å². The lowest BCUT2D eigenvalue weighted by Gasteiger charge is -2.32. The number of nitrogens with zero attached hydrogens (tertiary/aromatic N) is 2. The topological polar surface area (TPSA) is 43.8 Å². The average molecular weight is 551 g/mol. The summed E-state index contributed by atoms with van der Waals surface area (Å²) in [5.41, 5.74) is 9.53. The maximum absolute atomic E-state index is 10.9. The Morgan fingerprint density at radius 2 is 1.63 bits per heavy atom. The van der Waals surface area contributed by atoms with Crippen molar-refractivity contribution in [3.05, 3.63) is 107 Å². The molecule has 2 heterocycles. The molecule has 1 aliphatic carbocycles. The number of para-hydroxylation sites is 2. The van der Waals surface area contributed by atoms with Crippen LogP contribution in [-0.4, -0.2) is 30.7 Å². The second-order valence-electron chi connectivity index (χ2n) is 13.0. The number of carboxylic acids is 1. The van der Waals surface area contributed by atoms with E-state index in [-0.39, 0.29) is 23.3 Å². The van der Waals surface area contributed by atoms with Gasteiger partial charge in [-0.25, -0.2) is 0 Å². The van der Waals surface area contributed by atoms with Crippen LogP contribution < -0.4 is 9.80 Å². The number of hydrogen-bond acceptors (Lipinski definition) is 3. The van der Waals surface area contributed by atoms with E-state index in [0.717, 1.165) is 38.6 Å². The molecule has 0 aromatic heterocycles. The van der Waals surface area contributed by atoms with Crippen LogP contribution in [0.1, 0.15) is 83.8 Å². The second kappa shape index (κ2) is 11.8. The minimum absolute atomic E-state index is 0.000117. The van der Waals surface area contributed by atoms with Gasteiger partial charge < -0.3 is 14.9 Å². The predicted molar refractivity (Wildman–Crippen MR) is 172 cm³/mol. The molecule has 1 N–H and O–H groups in total. The minimum atomic E-state index is -0.701. The minimum Gasteiger partial charge on any atom is -0.481 e. The smallest absolute Gasteiger partial charge is 0.303 e. The van der Waals surface area contributed by atoms with Crippen molar-refractivity contribution in [2.24, 2.45) is 0 Å². The highest BCUT2D eigenvalue weighted by atomic mass is 16.4. The predicted octanol–water partition coefficient (Wildman–Crippen LogP) is 8.70. The number of anilines is 2. The Hall–Kier alpha value is -3.53. The van der Waals surface area contributed by atoms with Crippen LogP contribution in [0.15, 0.2) is 95.8 Å². The molecule has 1 unspecified atom stereocenters. The molecule has 0 fully saturated rings. The number of carbonyl (C=O) groups is 1. The van der Waals surface area contributed by atoms with Gasteiger partial charge >= 0.3 is 5.97 Å². The summed E-state index contributed by atoms with van der Waals surface area (Å²) in [6, 6.07) is 17.8. The fourth-order valence-electron chi connectivity index (χ4n) is 7.15. The zero-order valence-corrected chi connectivity index (χ0v) is 25.5. The van der Waals surface area contributed by atoms with E-state index in [9.17, 15) is 4.79 Å². The number of allylic oxidation sites excluding steroid dienone is 7. The Bertz CT molecular complexity index is 1410. The number of fused-ring (bicyclic) bond motifs is 2. The molecule has 2 aromatic rings. The van der Waals surface area contributed by atoms with Crippen LogP contribution in [0.25, 0.3) is 0 Å². The molecule has 0 amide bonds. The van der Waals surface area contributed by atoms with E-state index in [1.165, 1.54) is 45.8 Å². The van der Waals surface area contributed by atoms with Crippen LogP contribution in [0.5, 0.6) is 0 Å². The number of unbranched alkanes of at least 4 members (excludes halogenated alkanes) is 2. The number of aliphatic carboxylic acids is 1. The molecule has 0 saturated carbocycles. The van der Waals surface area contributed by atoms with Gasteiger partial charge in [0.05, 0.1) is 6.04 Å². The molecule has 0 bridgehead atoms. The lowest BCUT2D eigenvalue weighted by atomic mass is 9.80. The summed E-state index contributed by atoms with van der Waals surface area (Å²) in [6.45, 7) is 10.3. The maximum atomic E-state index is 10.9. The summed E-state index contributed by atoms with van der Waals surface area (Å²) in [7, 11) is 2.18. The Morgan fingerprint density at radius 1 is 0.927 bits per heavy atom. The summed E-state index contributed by atoms with van der Waals surface area (Å²) in [5, 5.41) is 9.00. The summed E-state index contributed by atoms with van der Waals surface area (Å²) >= 11 is 0. The fourth-order valence-corrected chi connectivity index (χ4v) is 7.15. The van der Waals surface area contributed by atoms with Crippen molar-refractivity contribution in [2.75, 3.05) is 23.4 Å². The largest absolute Gasteiger partial charge is 0.481 e. The van der Waals surface area contributed by atoms with E-state index in [0.29, 0.717) is 0 Å². The zero-order valence-electron chi connectivity index (χ0n) is 25.5. The number of hydrogen-bond donors (Lipinski definition) is 1. The summed E-state index contributed by atoms with van der Waals surface area (Å²) < 4.78 is 0. The van der Waals surface area contributed by atoms with Gasteiger partial charge in [0.15, 0.2) is 0 Å². The number of rotatable bonds is 9. The van der Waals surface area contributed by atoms with Gasteiger partial charge in [0, 0.05) is 47.9 Å². The molecule has 41 heavy (non-hydrogen) atoms.